The summed E-state index contributed by atoms with van der Waals surface area (Å²) in [6, 6.07) is 12.3. The Hall–Kier alpha value is -4.97. The van der Waals surface area contributed by atoms with Gasteiger partial charge in [0.2, 0.25) is 17.6 Å². The van der Waals surface area contributed by atoms with Gasteiger partial charge < -0.3 is 29.4 Å². The second-order valence-electron chi connectivity index (χ2n) is 10.4. The van der Waals surface area contributed by atoms with Crippen LogP contribution in [0.5, 0.6) is 28.7 Å². The molecule has 0 bridgehead atoms. The summed E-state index contributed by atoms with van der Waals surface area (Å²) in [5, 5.41) is 0.468. The fourth-order valence-electron chi connectivity index (χ4n) is 5.06. The van der Waals surface area contributed by atoms with Gasteiger partial charge in [-0.1, -0.05) is 0 Å². The molecule has 2 heterocycles. The quantitative estimate of drug-likeness (QED) is 0.178. The number of benzene rings is 3. The SMILES string of the molecule is COCCCOc1cc2nccc(Oc3ccc(N(C(=O)C4(C(N)=O)CC4)c4ccc(F)cc4)cc3F)c2c2c1OCCO2. The zero-order valence-corrected chi connectivity index (χ0v) is 23.8. The number of primary amides is 1. The third-order valence-corrected chi connectivity index (χ3v) is 7.51. The predicted molar refractivity (Wildman–Crippen MR) is 156 cm³/mol. The van der Waals surface area contributed by atoms with Crippen LogP contribution in [0, 0.1) is 17.0 Å². The van der Waals surface area contributed by atoms with E-state index in [4.69, 9.17) is 29.4 Å². The molecule has 1 saturated carbocycles. The van der Waals surface area contributed by atoms with Crippen LogP contribution in [0.1, 0.15) is 19.3 Å². The molecule has 12 heteroatoms. The molecular formula is C32H29F2N3O7. The van der Waals surface area contributed by atoms with Gasteiger partial charge in [0.05, 0.1) is 23.2 Å². The highest BCUT2D eigenvalue weighted by Crippen LogP contribution is 2.50. The first kappa shape index (κ1) is 29.1. The predicted octanol–water partition coefficient (Wildman–Crippen LogP) is 5.42. The van der Waals surface area contributed by atoms with Crippen LogP contribution < -0.4 is 29.6 Å². The van der Waals surface area contributed by atoms with E-state index in [1.165, 1.54) is 47.5 Å². The number of carbonyl (C=O) groups excluding carboxylic acids is 2. The summed E-state index contributed by atoms with van der Waals surface area (Å²) < 4.78 is 58.3. The highest BCUT2D eigenvalue weighted by molar-refractivity contribution is 6.16. The third kappa shape index (κ3) is 5.44. The molecule has 228 valence electrons. The van der Waals surface area contributed by atoms with Gasteiger partial charge in [0.25, 0.3) is 0 Å². The first-order chi connectivity index (χ1) is 21.3. The average Bonchev–Trinajstić information content (AvgIpc) is 3.84. The van der Waals surface area contributed by atoms with Crippen molar-refractivity contribution in [2.24, 2.45) is 11.1 Å². The summed E-state index contributed by atoms with van der Waals surface area (Å²) in [6.45, 7) is 1.53. The first-order valence-corrected chi connectivity index (χ1v) is 14.0. The van der Waals surface area contributed by atoms with Gasteiger partial charge in [-0.3, -0.25) is 19.5 Å². The average molecular weight is 606 g/mol. The summed E-state index contributed by atoms with van der Waals surface area (Å²) in [7, 11) is 1.62. The Balaban J connectivity index is 1.34. The number of ether oxygens (including phenoxy) is 5. The van der Waals surface area contributed by atoms with Crippen LogP contribution in [0.15, 0.2) is 60.8 Å². The minimum atomic E-state index is -1.40. The Labute approximate surface area is 251 Å². The lowest BCUT2D eigenvalue weighted by molar-refractivity contribution is -0.133. The molecule has 44 heavy (non-hydrogen) atoms. The summed E-state index contributed by atoms with van der Waals surface area (Å²) in [6.07, 6.45) is 2.73. The maximum atomic E-state index is 15.7. The third-order valence-electron chi connectivity index (χ3n) is 7.51. The van der Waals surface area contributed by atoms with E-state index >= 15 is 4.39 Å². The van der Waals surface area contributed by atoms with Gasteiger partial charge in [0.15, 0.2) is 23.1 Å². The summed E-state index contributed by atoms with van der Waals surface area (Å²) in [5.41, 5.74) is 5.00. The number of pyridine rings is 1. The number of methoxy groups -OCH3 is 1. The lowest BCUT2D eigenvalue weighted by Gasteiger charge is -2.27. The van der Waals surface area contributed by atoms with Crippen molar-refractivity contribution in [2.75, 3.05) is 38.4 Å². The normalized spacial score (nSPS) is 14.6. The molecule has 1 aliphatic carbocycles. The molecule has 3 aromatic carbocycles. The van der Waals surface area contributed by atoms with Crippen LogP contribution in [0.4, 0.5) is 20.2 Å². The van der Waals surface area contributed by atoms with E-state index < -0.39 is 28.9 Å². The van der Waals surface area contributed by atoms with E-state index in [1.54, 1.807) is 19.2 Å². The molecule has 0 saturated heterocycles. The lowest BCUT2D eigenvalue weighted by atomic mass is 10.0. The van der Waals surface area contributed by atoms with Gasteiger partial charge in [0, 0.05) is 44.2 Å². The lowest BCUT2D eigenvalue weighted by Crippen LogP contribution is -2.41. The molecule has 0 unspecified atom stereocenters. The number of nitrogens with zero attached hydrogens (tertiary/aromatic N) is 2. The van der Waals surface area contributed by atoms with Crippen LogP contribution in [0.25, 0.3) is 10.9 Å². The number of aromatic nitrogens is 1. The molecule has 10 nitrogen and oxygen atoms in total. The molecule has 2 N–H and O–H groups in total. The molecule has 0 radical (unpaired) electrons. The number of anilines is 2. The largest absolute Gasteiger partial charge is 0.489 e. The molecule has 2 aliphatic rings. The Morgan fingerprint density at radius 2 is 1.66 bits per heavy atom. The van der Waals surface area contributed by atoms with Gasteiger partial charge in [-0.15, -0.1) is 0 Å². The van der Waals surface area contributed by atoms with E-state index in [0.717, 1.165) is 6.07 Å². The maximum absolute atomic E-state index is 15.7. The van der Waals surface area contributed by atoms with E-state index in [0.29, 0.717) is 54.4 Å². The monoisotopic (exact) mass is 605 g/mol. The molecule has 1 fully saturated rings. The second-order valence-corrected chi connectivity index (χ2v) is 10.4. The summed E-state index contributed by atoms with van der Waals surface area (Å²) in [5.74, 6) is -1.36. The maximum Gasteiger partial charge on any atom is 0.247 e. The Bertz CT molecular complexity index is 1730. The molecule has 6 rings (SSSR count). The summed E-state index contributed by atoms with van der Waals surface area (Å²) >= 11 is 0. The van der Waals surface area contributed by atoms with Crippen molar-refractivity contribution in [3.05, 3.63) is 72.4 Å². The number of hydrogen-bond acceptors (Lipinski definition) is 8. The van der Waals surface area contributed by atoms with Crippen molar-refractivity contribution < 1.29 is 42.1 Å². The van der Waals surface area contributed by atoms with Crippen LogP contribution in [-0.2, 0) is 14.3 Å². The van der Waals surface area contributed by atoms with Crippen LogP contribution in [-0.4, -0.2) is 50.3 Å². The van der Waals surface area contributed by atoms with E-state index in [9.17, 15) is 14.0 Å². The number of amides is 2. The minimum absolute atomic E-state index is 0.114. The smallest absolute Gasteiger partial charge is 0.247 e. The number of hydrogen-bond donors (Lipinski definition) is 1. The first-order valence-electron chi connectivity index (χ1n) is 14.0. The Morgan fingerprint density at radius 3 is 2.34 bits per heavy atom. The molecule has 2 amide bonds. The van der Waals surface area contributed by atoms with Gasteiger partial charge >= 0.3 is 0 Å². The standard InChI is InChI=1S/C32H29F2N3O7/c1-40-13-2-14-41-26-18-23-27(29-28(26)42-15-16-43-29)25(9-12-36-23)44-24-8-7-21(17-22(24)34)37(20-5-3-19(33)4-6-20)31(39)32(10-11-32)30(35)38/h3-9,12,17-18H,2,10-11,13-16H2,1H3,(H2,35,38). The fraction of sp³-hybridized carbons (Fsp3) is 0.281. The Morgan fingerprint density at radius 1 is 0.932 bits per heavy atom. The zero-order chi connectivity index (χ0) is 30.8. The highest BCUT2D eigenvalue weighted by Gasteiger charge is 2.57. The van der Waals surface area contributed by atoms with Crippen molar-refractivity contribution in [3.8, 4) is 28.7 Å². The van der Waals surface area contributed by atoms with Gasteiger partial charge in [0.1, 0.15) is 30.2 Å². The highest BCUT2D eigenvalue weighted by atomic mass is 19.1. The van der Waals surface area contributed by atoms with Crippen molar-refractivity contribution in [3.63, 3.8) is 0 Å². The van der Waals surface area contributed by atoms with Crippen molar-refractivity contribution >= 4 is 34.1 Å². The number of nitrogens with two attached hydrogens (primary N) is 1. The van der Waals surface area contributed by atoms with Crippen molar-refractivity contribution in [1.82, 2.24) is 4.98 Å². The number of carbonyl (C=O) groups is 2. The number of fused-ring (bicyclic) bond motifs is 3. The van der Waals surface area contributed by atoms with Crippen molar-refractivity contribution in [1.29, 1.82) is 0 Å². The minimum Gasteiger partial charge on any atom is -0.489 e. The zero-order valence-electron chi connectivity index (χ0n) is 23.8. The second kappa shape index (κ2) is 12.0. The van der Waals surface area contributed by atoms with Crippen molar-refractivity contribution in [2.45, 2.75) is 19.3 Å². The van der Waals surface area contributed by atoms with E-state index in [-0.39, 0.29) is 42.3 Å². The van der Waals surface area contributed by atoms with Gasteiger partial charge in [-0.25, -0.2) is 8.78 Å². The molecule has 0 spiro atoms. The summed E-state index contributed by atoms with van der Waals surface area (Å²) in [4.78, 5) is 31.3. The number of rotatable bonds is 11. The molecule has 4 aromatic rings. The Kier molecular flexibility index (Phi) is 7.92. The molecular weight excluding hydrogens is 576 g/mol. The van der Waals surface area contributed by atoms with E-state index in [1.807, 2.05) is 0 Å². The van der Waals surface area contributed by atoms with Gasteiger partial charge in [-0.2, -0.15) is 0 Å². The topological polar surface area (TPSA) is 122 Å². The number of halogens is 2. The van der Waals surface area contributed by atoms with Crippen LogP contribution in [0.3, 0.4) is 0 Å². The molecule has 1 aliphatic heterocycles. The fourth-order valence-corrected chi connectivity index (χ4v) is 5.06. The van der Waals surface area contributed by atoms with Crippen LogP contribution in [0.2, 0.25) is 0 Å². The molecule has 0 atom stereocenters. The van der Waals surface area contributed by atoms with E-state index in [2.05, 4.69) is 4.98 Å². The van der Waals surface area contributed by atoms with Gasteiger partial charge in [-0.05, 0) is 55.3 Å². The van der Waals surface area contributed by atoms with Crippen LogP contribution >= 0.6 is 0 Å². The molecule has 1 aromatic heterocycles.